The molecular weight excluding hydrogens is 380 g/mol. The SMILES string of the molecule is CN(Cc1ccccc1)c1ccc(C(=O)Nc2ccccc2Br)nn1. The van der Waals surface area contributed by atoms with E-state index in [4.69, 9.17) is 0 Å². The van der Waals surface area contributed by atoms with E-state index in [1.54, 1.807) is 12.1 Å². The quantitative estimate of drug-likeness (QED) is 0.704. The zero-order valence-corrected chi connectivity index (χ0v) is 15.3. The maximum absolute atomic E-state index is 12.3. The molecule has 2 aromatic carbocycles. The number of anilines is 2. The Morgan fingerprint density at radius 1 is 1.00 bits per heavy atom. The van der Waals surface area contributed by atoms with Gasteiger partial charge in [0.15, 0.2) is 11.5 Å². The molecule has 0 fully saturated rings. The maximum Gasteiger partial charge on any atom is 0.276 e. The van der Waals surface area contributed by atoms with Gasteiger partial charge in [0.2, 0.25) is 0 Å². The number of benzene rings is 2. The summed E-state index contributed by atoms with van der Waals surface area (Å²) in [6.07, 6.45) is 0. The number of rotatable bonds is 5. The molecule has 126 valence electrons. The van der Waals surface area contributed by atoms with E-state index in [1.807, 2.05) is 54.4 Å². The molecule has 0 aliphatic rings. The first kappa shape index (κ1) is 17.1. The molecule has 0 radical (unpaired) electrons. The summed E-state index contributed by atoms with van der Waals surface area (Å²) in [6.45, 7) is 0.720. The summed E-state index contributed by atoms with van der Waals surface area (Å²) >= 11 is 3.40. The van der Waals surface area contributed by atoms with Crippen molar-refractivity contribution in [3.63, 3.8) is 0 Å². The Bertz CT molecular complexity index is 853. The second-order valence-corrected chi connectivity index (χ2v) is 6.41. The number of carbonyl (C=O) groups is 1. The Morgan fingerprint density at radius 3 is 2.40 bits per heavy atom. The van der Waals surface area contributed by atoms with E-state index in [0.29, 0.717) is 11.5 Å². The molecule has 1 aromatic heterocycles. The normalized spacial score (nSPS) is 10.3. The van der Waals surface area contributed by atoms with Crippen molar-refractivity contribution in [3.8, 4) is 0 Å². The third-order valence-corrected chi connectivity index (χ3v) is 4.35. The standard InChI is InChI=1S/C19H17BrN4O/c1-24(13-14-7-3-2-4-8-14)18-12-11-17(22-23-18)19(25)21-16-10-6-5-9-15(16)20/h2-12H,13H2,1H3,(H,21,25). The van der Waals surface area contributed by atoms with Crippen LogP contribution in [-0.4, -0.2) is 23.2 Å². The van der Waals surface area contributed by atoms with Crippen LogP contribution in [0.5, 0.6) is 0 Å². The fourth-order valence-corrected chi connectivity index (χ4v) is 2.72. The van der Waals surface area contributed by atoms with Crippen molar-refractivity contribution in [3.05, 3.63) is 82.5 Å². The van der Waals surface area contributed by atoms with Crippen LogP contribution in [0.4, 0.5) is 11.5 Å². The predicted octanol–water partition coefficient (Wildman–Crippen LogP) is 4.13. The number of nitrogens with zero attached hydrogens (tertiary/aromatic N) is 3. The highest BCUT2D eigenvalue weighted by molar-refractivity contribution is 9.10. The van der Waals surface area contributed by atoms with Gasteiger partial charge in [-0.15, -0.1) is 10.2 Å². The first-order valence-electron chi connectivity index (χ1n) is 7.78. The molecule has 0 aliphatic carbocycles. The van der Waals surface area contributed by atoms with Crippen molar-refractivity contribution in [1.29, 1.82) is 0 Å². The molecule has 1 N–H and O–H groups in total. The van der Waals surface area contributed by atoms with Gasteiger partial charge in [0.05, 0.1) is 5.69 Å². The lowest BCUT2D eigenvalue weighted by atomic mass is 10.2. The van der Waals surface area contributed by atoms with Gasteiger partial charge in [-0.05, 0) is 45.8 Å². The van der Waals surface area contributed by atoms with Crippen LogP contribution in [0.25, 0.3) is 0 Å². The van der Waals surface area contributed by atoms with Gasteiger partial charge in [-0.3, -0.25) is 4.79 Å². The van der Waals surface area contributed by atoms with Crippen LogP contribution >= 0.6 is 15.9 Å². The van der Waals surface area contributed by atoms with Crippen LogP contribution in [0.2, 0.25) is 0 Å². The van der Waals surface area contributed by atoms with Crippen LogP contribution in [0, 0.1) is 0 Å². The van der Waals surface area contributed by atoms with Crippen LogP contribution in [0.1, 0.15) is 16.1 Å². The average Bonchev–Trinajstić information content (AvgIpc) is 2.64. The molecule has 1 heterocycles. The number of hydrogen-bond donors (Lipinski definition) is 1. The highest BCUT2D eigenvalue weighted by atomic mass is 79.9. The van der Waals surface area contributed by atoms with Gasteiger partial charge < -0.3 is 10.2 Å². The third-order valence-electron chi connectivity index (χ3n) is 3.66. The molecule has 0 atom stereocenters. The monoisotopic (exact) mass is 396 g/mol. The lowest BCUT2D eigenvalue weighted by molar-refractivity contribution is 0.102. The molecule has 0 saturated heterocycles. The zero-order chi connectivity index (χ0) is 17.6. The molecule has 0 saturated carbocycles. The van der Waals surface area contributed by atoms with Gasteiger partial charge in [0.25, 0.3) is 5.91 Å². The Labute approximate surface area is 154 Å². The fraction of sp³-hybridized carbons (Fsp3) is 0.105. The van der Waals surface area contributed by atoms with E-state index in [1.165, 1.54) is 5.56 Å². The summed E-state index contributed by atoms with van der Waals surface area (Å²) in [6, 6.07) is 21.0. The van der Waals surface area contributed by atoms with Crippen molar-refractivity contribution in [2.45, 2.75) is 6.54 Å². The van der Waals surface area contributed by atoms with Gasteiger partial charge >= 0.3 is 0 Å². The largest absolute Gasteiger partial charge is 0.354 e. The van der Waals surface area contributed by atoms with Crippen LogP contribution in [-0.2, 0) is 6.54 Å². The fourth-order valence-electron chi connectivity index (χ4n) is 2.34. The highest BCUT2D eigenvalue weighted by Gasteiger charge is 2.11. The summed E-state index contributed by atoms with van der Waals surface area (Å²) in [5.74, 6) is 0.415. The number of para-hydroxylation sites is 1. The van der Waals surface area contributed by atoms with Crippen LogP contribution < -0.4 is 10.2 Å². The summed E-state index contributed by atoms with van der Waals surface area (Å²) in [4.78, 5) is 14.3. The van der Waals surface area contributed by atoms with E-state index in [0.717, 1.165) is 11.0 Å². The van der Waals surface area contributed by atoms with E-state index < -0.39 is 0 Å². The smallest absolute Gasteiger partial charge is 0.276 e. The van der Waals surface area contributed by atoms with E-state index >= 15 is 0 Å². The second kappa shape index (κ2) is 7.90. The van der Waals surface area contributed by atoms with Gasteiger partial charge in [-0.2, -0.15) is 0 Å². The number of nitrogens with one attached hydrogen (secondary N) is 1. The van der Waals surface area contributed by atoms with Crippen LogP contribution in [0.3, 0.4) is 0 Å². The van der Waals surface area contributed by atoms with Crippen molar-refractivity contribution >= 4 is 33.3 Å². The lowest BCUT2D eigenvalue weighted by Crippen LogP contribution is -2.20. The Balaban J connectivity index is 1.67. The topological polar surface area (TPSA) is 58.1 Å². The van der Waals surface area contributed by atoms with Crippen molar-refractivity contribution in [2.75, 3.05) is 17.3 Å². The Morgan fingerprint density at radius 2 is 1.72 bits per heavy atom. The molecule has 0 aliphatic heterocycles. The summed E-state index contributed by atoms with van der Waals surface area (Å²) in [5.41, 5.74) is 2.15. The van der Waals surface area contributed by atoms with E-state index in [-0.39, 0.29) is 11.6 Å². The minimum absolute atomic E-state index is 0.271. The molecule has 0 unspecified atom stereocenters. The summed E-state index contributed by atoms with van der Waals surface area (Å²) in [7, 11) is 1.94. The minimum atomic E-state index is -0.295. The maximum atomic E-state index is 12.3. The highest BCUT2D eigenvalue weighted by Crippen LogP contribution is 2.21. The van der Waals surface area contributed by atoms with Gasteiger partial charge in [-0.1, -0.05) is 42.5 Å². The molecule has 6 heteroatoms. The number of halogens is 1. The summed E-state index contributed by atoms with van der Waals surface area (Å²) in [5, 5.41) is 11.0. The molecule has 5 nitrogen and oxygen atoms in total. The number of carbonyl (C=O) groups excluding carboxylic acids is 1. The zero-order valence-electron chi connectivity index (χ0n) is 13.7. The van der Waals surface area contributed by atoms with Crippen LogP contribution in [0.15, 0.2) is 71.2 Å². The Kier molecular flexibility index (Phi) is 5.40. The predicted molar refractivity (Wildman–Crippen MR) is 103 cm³/mol. The second-order valence-electron chi connectivity index (χ2n) is 5.55. The first-order valence-corrected chi connectivity index (χ1v) is 8.57. The number of aromatic nitrogens is 2. The molecule has 25 heavy (non-hydrogen) atoms. The number of hydrogen-bond acceptors (Lipinski definition) is 4. The molecule has 0 bridgehead atoms. The van der Waals surface area contributed by atoms with Crippen molar-refractivity contribution in [2.24, 2.45) is 0 Å². The molecule has 0 spiro atoms. The van der Waals surface area contributed by atoms with Gasteiger partial charge in [0.1, 0.15) is 0 Å². The Hall–Kier alpha value is -2.73. The molecule has 3 rings (SSSR count). The minimum Gasteiger partial charge on any atom is -0.354 e. The molecular formula is C19H17BrN4O. The number of amides is 1. The third kappa shape index (κ3) is 4.42. The van der Waals surface area contributed by atoms with E-state index in [9.17, 15) is 4.79 Å². The van der Waals surface area contributed by atoms with Crippen molar-refractivity contribution in [1.82, 2.24) is 10.2 Å². The molecule has 3 aromatic rings. The molecule has 1 amide bonds. The average molecular weight is 397 g/mol. The van der Waals surface area contributed by atoms with E-state index in [2.05, 4.69) is 43.6 Å². The van der Waals surface area contributed by atoms with Crippen molar-refractivity contribution < 1.29 is 4.79 Å². The lowest BCUT2D eigenvalue weighted by Gasteiger charge is -2.17. The first-order chi connectivity index (χ1) is 12.1. The summed E-state index contributed by atoms with van der Waals surface area (Å²) < 4.78 is 0.815. The van der Waals surface area contributed by atoms with Gasteiger partial charge in [-0.25, -0.2) is 0 Å². The van der Waals surface area contributed by atoms with Gasteiger partial charge in [0, 0.05) is 18.1 Å².